The first kappa shape index (κ1) is 21.2. The smallest absolute Gasteiger partial charge is 0.355 e. The van der Waals surface area contributed by atoms with Gasteiger partial charge in [-0.3, -0.25) is 4.98 Å². The lowest BCUT2D eigenvalue weighted by atomic mass is 10.0. The molecule has 0 bridgehead atoms. The van der Waals surface area contributed by atoms with Gasteiger partial charge in [0.15, 0.2) is 0 Å². The van der Waals surface area contributed by atoms with Crippen LogP contribution in [0.2, 0.25) is 0 Å². The number of halogens is 3. The van der Waals surface area contributed by atoms with Crippen LogP contribution in [0.25, 0.3) is 32.6 Å². The topological polar surface area (TPSA) is 37.8 Å². The zero-order valence-corrected chi connectivity index (χ0v) is 18.3. The van der Waals surface area contributed by atoms with Gasteiger partial charge in [-0.05, 0) is 71.5 Å². The summed E-state index contributed by atoms with van der Waals surface area (Å²) < 4.78 is 39.6. The van der Waals surface area contributed by atoms with Crippen molar-refractivity contribution < 1.29 is 13.2 Å². The third-order valence-corrected chi connectivity index (χ3v) is 6.23. The Hall–Kier alpha value is -3.71. The maximum Gasteiger partial charge on any atom is 0.416 e. The molecule has 0 aliphatic carbocycles. The Labute approximate surface area is 192 Å². The average Bonchev–Trinajstić information content (AvgIpc) is 3.30. The first-order chi connectivity index (χ1) is 15.9. The van der Waals surface area contributed by atoms with E-state index in [0.717, 1.165) is 44.5 Å². The van der Waals surface area contributed by atoms with Crippen LogP contribution in [0.1, 0.15) is 11.1 Å². The van der Waals surface area contributed by atoms with Crippen LogP contribution in [-0.2, 0) is 6.18 Å². The number of alkyl halides is 3. The number of nitrogens with one attached hydrogen (secondary N) is 1. The van der Waals surface area contributed by atoms with E-state index in [9.17, 15) is 13.2 Å². The SMILES string of the molecule is Cc1ccc(-c2cccc(C(F)(F)F)c2)cc1Nc1cc(-c2cccnc2)nc2sccc12. The number of aromatic nitrogens is 2. The van der Waals surface area contributed by atoms with E-state index in [0.29, 0.717) is 11.1 Å². The van der Waals surface area contributed by atoms with Gasteiger partial charge in [0.1, 0.15) is 4.83 Å². The zero-order valence-electron chi connectivity index (χ0n) is 17.5. The molecule has 3 heterocycles. The number of nitrogens with zero attached hydrogens (tertiary/aromatic N) is 2. The molecule has 7 heteroatoms. The molecule has 5 aromatic rings. The molecule has 33 heavy (non-hydrogen) atoms. The number of anilines is 2. The summed E-state index contributed by atoms with van der Waals surface area (Å²) in [6, 6.07) is 18.8. The van der Waals surface area contributed by atoms with Gasteiger partial charge in [-0.2, -0.15) is 13.2 Å². The van der Waals surface area contributed by atoms with Crippen molar-refractivity contribution in [1.29, 1.82) is 0 Å². The van der Waals surface area contributed by atoms with Gasteiger partial charge in [-0.25, -0.2) is 4.98 Å². The van der Waals surface area contributed by atoms with E-state index in [1.165, 1.54) is 12.1 Å². The van der Waals surface area contributed by atoms with Gasteiger partial charge < -0.3 is 5.32 Å². The highest BCUT2D eigenvalue weighted by molar-refractivity contribution is 7.16. The largest absolute Gasteiger partial charge is 0.416 e. The molecule has 0 atom stereocenters. The molecule has 3 nitrogen and oxygen atoms in total. The number of benzene rings is 2. The van der Waals surface area contributed by atoms with Crippen LogP contribution in [0.4, 0.5) is 24.5 Å². The van der Waals surface area contributed by atoms with Crippen molar-refractivity contribution in [2.24, 2.45) is 0 Å². The number of aryl methyl sites for hydroxylation is 1. The Morgan fingerprint density at radius 2 is 1.67 bits per heavy atom. The summed E-state index contributed by atoms with van der Waals surface area (Å²) in [5.74, 6) is 0. The number of thiophene rings is 1. The fraction of sp³-hybridized carbons (Fsp3) is 0.0769. The Bertz CT molecular complexity index is 1440. The molecule has 5 rings (SSSR count). The second kappa shape index (κ2) is 8.33. The molecule has 2 aromatic carbocycles. The lowest BCUT2D eigenvalue weighted by molar-refractivity contribution is -0.137. The number of hydrogen-bond acceptors (Lipinski definition) is 4. The van der Waals surface area contributed by atoms with Gasteiger partial charge in [0.25, 0.3) is 0 Å². The van der Waals surface area contributed by atoms with Crippen molar-refractivity contribution >= 4 is 32.9 Å². The highest BCUT2D eigenvalue weighted by Crippen LogP contribution is 2.36. The summed E-state index contributed by atoms with van der Waals surface area (Å²) in [5, 5.41) is 6.46. The number of hydrogen-bond donors (Lipinski definition) is 1. The lowest BCUT2D eigenvalue weighted by Crippen LogP contribution is -2.04. The Morgan fingerprint density at radius 1 is 0.848 bits per heavy atom. The molecule has 164 valence electrons. The predicted molar refractivity (Wildman–Crippen MR) is 128 cm³/mol. The van der Waals surface area contributed by atoms with E-state index in [-0.39, 0.29) is 0 Å². The summed E-state index contributed by atoms with van der Waals surface area (Å²) in [6.07, 6.45) is -0.897. The molecular weight excluding hydrogens is 443 g/mol. The van der Waals surface area contributed by atoms with E-state index >= 15 is 0 Å². The van der Waals surface area contributed by atoms with Gasteiger partial charge in [-0.1, -0.05) is 24.3 Å². The lowest BCUT2D eigenvalue weighted by Gasteiger charge is -2.15. The number of fused-ring (bicyclic) bond motifs is 1. The molecule has 0 fully saturated rings. The second-order valence-electron chi connectivity index (χ2n) is 7.67. The van der Waals surface area contributed by atoms with Gasteiger partial charge in [0.2, 0.25) is 0 Å². The molecule has 0 aliphatic heterocycles. The van der Waals surface area contributed by atoms with Crippen molar-refractivity contribution in [1.82, 2.24) is 9.97 Å². The van der Waals surface area contributed by atoms with Crippen LogP contribution in [0.3, 0.4) is 0 Å². The summed E-state index contributed by atoms with van der Waals surface area (Å²) >= 11 is 1.55. The molecular formula is C26H18F3N3S. The van der Waals surface area contributed by atoms with E-state index in [2.05, 4.69) is 10.3 Å². The molecule has 0 saturated heterocycles. The maximum absolute atomic E-state index is 13.2. The van der Waals surface area contributed by atoms with E-state index < -0.39 is 11.7 Å². The van der Waals surface area contributed by atoms with Gasteiger partial charge in [-0.15, -0.1) is 11.3 Å². The number of rotatable bonds is 4. The molecule has 1 N–H and O–H groups in total. The highest BCUT2D eigenvalue weighted by atomic mass is 32.1. The van der Waals surface area contributed by atoms with E-state index in [1.807, 2.05) is 54.8 Å². The third kappa shape index (κ3) is 4.32. The summed E-state index contributed by atoms with van der Waals surface area (Å²) in [4.78, 5) is 9.84. The first-order valence-electron chi connectivity index (χ1n) is 10.2. The minimum atomic E-state index is -4.38. The van der Waals surface area contributed by atoms with Gasteiger partial charge in [0.05, 0.1) is 16.9 Å². The van der Waals surface area contributed by atoms with Crippen LogP contribution >= 0.6 is 11.3 Å². The zero-order chi connectivity index (χ0) is 23.0. The summed E-state index contributed by atoms with van der Waals surface area (Å²) in [7, 11) is 0. The van der Waals surface area contributed by atoms with Crippen LogP contribution in [0, 0.1) is 6.92 Å². The van der Waals surface area contributed by atoms with Crippen molar-refractivity contribution in [3.05, 3.63) is 95.6 Å². The molecule has 0 aliphatic rings. The van der Waals surface area contributed by atoms with Crippen molar-refractivity contribution in [2.75, 3.05) is 5.32 Å². The van der Waals surface area contributed by atoms with E-state index in [4.69, 9.17) is 4.98 Å². The van der Waals surface area contributed by atoms with Crippen LogP contribution in [0.5, 0.6) is 0 Å². The Morgan fingerprint density at radius 3 is 2.45 bits per heavy atom. The average molecular weight is 462 g/mol. The molecule has 0 amide bonds. The predicted octanol–water partition coefficient (Wildman–Crippen LogP) is 8.10. The maximum atomic E-state index is 13.2. The highest BCUT2D eigenvalue weighted by Gasteiger charge is 2.30. The van der Waals surface area contributed by atoms with Crippen molar-refractivity contribution in [3.63, 3.8) is 0 Å². The normalized spacial score (nSPS) is 11.6. The monoisotopic (exact) mass is 461 g/mol. The Kier molecular flexibility index (Phi) is 5.34. The quantitative estimate of drug-likeness (QED) is 0.294. The van der Waals surface area contributed by atoms with Crippen LogP contribution in [-0.4, -0.2) is 9.97 Å². The molecule has 0 saturated carbocycles. The fourth-order valence-electron chi connectivity index (χ4n) is 3.67. The molecule has 0 spiro atoms. The second-order valence-corrected chi connectivity index (χ2v) is 8.56. The van der Waals surface area contributed by atoms with Crippen LogP contribution in [0.15, 0.2) is 84.5 Å². The Balaban J connectivity index is 1.56. The van der Waals surface area contributed by atoms with Gasteiger partial charge >= 0.3 is 6.18 Å². The fourth-order valence-corrected chi connectivity index (χ4v) is 4.46. The number of pyridine rings is 2. The minimum Gasteiger partial charge on any atom is -0.355 e. The molecule has 0 radical (unpaired) electrons. The first-order valence-corrected chi connectivity index (χ1v) is 11.1. The minimum absolute atomic E-state index is 0.513. The summed E-state index contributed by atoms with van der Waals surface area (Å²) in [6.45, 7) is 1.96. The molecule has 0 unspecified atom stereocenters. The molecule has 3 aromatic heterocycles. The van der Waals surface area contributed by atoms with Crippen molar-refractivity contribution in [3.8, 4) is 22.4 Å². The van der Waals surface area contributed by atoms with Crippen molar-refractivity contribution in [2.45, 2.75) is 13.1 Å². The van der Waals surface area contributed by atoms with Gasteiger partial charge in [0, 0.05) is 29.0 Å². The summed E-state index contributed by atoms with van der Waals surface area (Å²) in [5.41, 5.74) is 4.94. The standard InChI is InChI=1S/C26H18F3N3S/c1-16-7-8-18(17-4-2-6-20(12-17)26(27,28)29)13-22(16)31-24-14-23(19-5-3-10-30-15-19)32-25-21(24)9-11-33-25/h2-15H,1H3,(H,31,32). The third-order valence-electron chi connectivity index (χ3n) is 5.43. The van der Waals surface area contributed by atoms with Crippen LogP contribution < -0.4 is 5.32 Å². The van der Waals surface area contributed by atoms with E-state index in [1.54, 1.807) is 29.8 Å².